The Kier molecular flexibility index (Phi) is 34.0. The van der Waals surface area contributed by atoms with Crippen LogP contribution in [0.5, 0.6) is 0 Å². The molecule has 0 rings (SSSR count). The fourth-order valence-electron chi connectivity index (χ4n) is 6.35. The first-order valence-corrected chi connectivity index (χ1v) is 19.6. The highest BCUT2D eigenvalue weighted by Gasteiger charge is 2.11. The van der Waals surface area contributed by atoms with Crippen molar-refractivity contribution in [3.05, 3.63) is 12.2 Å². The van der Waals surface area contributed by atoms with Gasteiger partial charge in [0.25, 0.3) is 0 Å². The molecule has 2 heteroatoms. The second-order valence-corrected chi connectivity index (χ2v) is 13.8. The zero-order valence-electron chi connectivity index (χ0n) is 29.5. The van der Waals surface area contributed by atoms with Crippen LogP contribution in [-0.2, 0) is 4.79 Å². The molecular weight excluding hydrogens is 510 g/mol. The summed E-state index contributed by atoms with van der Waals surface area (Å²) in [4.78, 5) is 12.1. The van der Waals surface area contributed by atoms with Crippen LogP contribution >= 0.6 is 0 Å². The van der Waals surface area contributed by atoms with Crippen molar-refractivity contribution >= 4 is 5.91 Å². The Morgan fingerprint density at radius 3 is 0.929 bits per heavy atom. The number of nitrogens with one attached hydrogen (secondary N) is 1. The van der Waals surface area contributed by atoms with Crippen LogP contribution < -0.4 is 5.32 Å². The molecule has 0 fully saturated rings. The minimum absolute atomic E-state index is 0.0351. The molecule has 250 valence electrons. The normalized spacial score (nSPS) is 12.1. The molecule has 0 aromatic heterocycles. The molecule has 0 aromatic rings. The quantitative estimate of drug-likeness (QED) is 0.0578. The summed E-state index contributed by atoms with van der Waals surface area (Å²) in [6, 6.07) is 0. The highest BCUT2D eigenvalue weighted by Crippen LogP contribution is 2.20. The van der Waals surface area contributed by atoms with Crippen LogP contribution in [0.15, 0.2) is 12.2 Å². The topological polar surface area (TPSA) is 29.1 Å². The van der Waals surface area contributed by atoms with E-state index in [-0.39, 0.29) is 5.91 Å². The number of rotatable bonds is 35. The van der Waals surface area contributed by atoms with E-state index in [2.05, 4.69) is 25.7 Å². The van der Waals surface area contributed by atoms with Crippen LogP contribution in [0, 0.1) is 5.92 Å². The summed E-state index contributed by atoms with van der Waals surface area (Å²) in [5, 5.41) is 3.15. The van der Waals surface area contributed by atoms with E-state index in [9.17, 15) is 4.79 Å². The monoisotopic (exact) mass is 590 g/mol. The van der Waals surface area contributed by atoms with Gasteiger partial charge in [-0.15, -0.1) is 0 Å². The molecule has 1 amide bonds. The van der Waals surface area contributed by atoms with Crippen molar-refractivity contribution in [3.63, 3.8) is 0 Å². The van der Waals surface area contributed by atoms with E-state index in [1.807, 2.05) is 6.92 Å². The number of hydrogen-bond donors (Lipinski definition) is 1. The van der Waals surface area contributed by atoms with Crippen LogP contribution in [0.2, 0.25) is 0 Å². The fraction of sp³-hybridized carbons (Fsp3) is 0.925. The zero-order valence-corrected chi connectivity index (χ0v) is 29.5. The third-order valence-electron chi connectivity index (χ3n) is 9.37. The largest absolute Gasteiger partial charge is 0.352 e. The SMILES string of the molecule is C=C(C)C(=O)NCC(CCCCCCCCCCCCCCCC)CCCCCCCCCCCCCCCCCC. The lowest BCUT2D eigenvalue weighted by atomic mass is 9.93. The van der Waals surface area contributed by atoms with Crippen molar-refractivity contribution < 1.29 is 4.79 Å². The van der Waals surface area contributed by atoms with Crippen molar-refractivity contribution in [1.82, 2.24) is 5.32 Å². The highest BCUT2D eigenvalue weighted by molar-refractivity contribution is 5.92. The predicted molar refractivity (Wildman–Crippen MR) is 190 cm³/mol. The molecule has 1 unspecified atom stereocenters. The van der Waals surface area contributed by atoms with Gasteiger partial charge in [0.2, 0.25) is 5.91 Å². The van der Waals surface area contributed by atoms with Crippen LogP contribution in [-0.4, -0.2) is 12.5 Å². The van der Waals surface area contributed by atoms with E-state index in [1.54, 1.807) is 0 Å². The first kappa shape index (κ1) is 41.2. The van der Waals surface area contributed by atoms with Gasteiger partial charge < -0.3 is 5.32 Å². The molecule has 1 N–H and O–H groups in total. The Bertz CT molecular complexity index is 556. The van der Waals surface area contributed by atoms with E-state index in [4.69, 9.17) is 0 Å². The van der Waals surface area contributed by atoms with Gasteiger partial charge in [-0.1, -0.05) is 213 Å². The maximum atomic E-state index is 12.1. The molecule has 0 saturated heterocycles. The van der Waals surface area contributed by atoms with Gasteiger partial charge in [-0.3, -0.25) is 4.79 Å². The Hall–Kier alpha value is -0.790. The van der Waals surface area contributed by atoms with Crippen molar-refractivity contribution in [2.45, 2.75) is 226 Å². The fourth-order valence-corrected chi connectivity index (χ4v) is 6.35. The Balaban J connectivity index is 3.74. The highest BCUT2D eigenvalue weighted by atomic mass is 16.1. The van der Waals surface area contributed by atoms with Gasteiger partial charge in [0, 0.05) is 12.1 Å². The van der Waals surface area contributed by atoms with Crippen LogP contribution in [0.4, 0.5) is 0 Å². The molecule has 0 aromatic carbocycles. The number of amides is 1. The Morgan fingerprint density at radius 1 is 0.452 bits per heavy atom. The lowest BCUT2D eigenvalue weighted by Crippen LogP contribution is -2.29. The van der Waals surface area contributed by atoms with Crippen LogP contribution in [0.3, 0.4) is 0 Å². The Morgan fingerprint density at radius 2 is 0.690 bits per heavy atom. The molecule has 1 atom stereocenters. The first-order valence-electron chi connectivity index (χ1n) is 19.6. The Labute approximate surface area is 266 Å². The molecule has 0 aliphatic heterocycles. The molecule has 42 heavy (non-hydrogen) atoms. The average molecular weight is 590 g/mol. The third kappa shape index (κ3) is 32.1. The standard InChI is InChI=1S/C40H79NO/c1-5-7-9-11-13-15-17-19-21-22-24-26-28-30-32-34-36-39(37-41-40(42)38(3)4)35-33-31-29-27-25-23-20-18-16-14-12-10-8-6-2/h39H,3,5-37H2,1-2,4H3,(H,41,42). The molecule has 0 heterocycles. The summed E-state index contributed by atoms with van der Waals surface area (Å²) in [5.41, 5.74) is 0.632. The molecule has 0 aliphatic rings. The van der Waals surface area contributed by atoms with Crippen LogP contribution in [0.25, 0.3) is 0 Å². The summed E-state index contributed by atoms with van der Waals surface area (Å²) in [6.45, 7) is 11.1. The second-order valence-electron chi connectivity index (χ2n) is 13.8. The lowest BCUT2D eigenvalue weighted by molar-refractivity contribution is -0.117. The summed E-state index contributed by atoms with van der Waals surface area (Å²) in [7, 11) is 0. The molecule has 2 nitrogen and oxygen atoms in total. The van der Waals surface area contributed by atoms with Crippen LogP contribution in [0.1, 0.15) is 226 Å². The second kappa shape index (κ2) is 34.7. The van der Waals surface area contributed by atoms with Gasteiger partial charge in [-0.2, -0.15) is 0 Å². The van der Waals surface area contributed by atoms with Gasteiger partial charge >= 0.3 is 0 Å². The molecule has 0 saturated carbocycles. The molecule has 0 spiro atoms. The van der Waals surface area contributed by atoms with Gasteiger partial charge in [0.15, 0.2) is 0 Å². The van der Waals surface area contributed by atoms with E-state index >= 15 is 0 Å². The minimum atomic E-state index is 0.0351. The number of carbonyl (C=O) groups is 1. The van der Waals surface area contributed by atoms with Crippen molar-refractivity contribution in [2.75, 3.05) is 6.54 Å². The average Bonchev–Trinajstić information content (AvgIpc) is 2.99. The van der Waals surface area contributed by atoms with E-state index in [0.29, 0.717) is 11.5 Å². The maximum absolute atomic E-state index is 12.1. The molecule has 0 radical (unpaired) electrons. The summed E-state index contributed by atoms with van der Waals surface area (Å²) < 4.78 is 0. The van der Waals surface area contributed by atoms with E-state index < -0.39 is 0 Å². The number of carbonyl (C=O) groups excluding carboxylic acids is 1. The van der Waals surface area contributed by atoms with Gasteiger partial charge in [0.05, 0.1) is 0 Å². The lowest BCUT2D eigenvalue weighted by Gasteiger charge is -2.18. The minimum Gasteiger partial charge on any atom is -0.352 e. The zero-order chi connectivity index (χ0) is 30.8. The smallest absolute Gasteiger partial charge is 0.246 e. The number of hydrogen-bond acceptors (Lipinski definition) is 1. The van der Waals surface area contributed by atoms with Crippen molar-refractivity contribution in [3.8, 4) is 0 Å². The molecule has 0 bridgehead atoms. The van der Waals surface area contributed by atoms with Gasteiger partial charge in [0.1, 0.15) is 0 Å². The van der Waals surface area contributed by atoms with E-state index in [0.717, 1.165) is 6.54 Å². The maximum Gasteiger partial charge on any atom is 0.246 e. The van der Waals surface area contributed by atoms with Crippen molar-refractivity contribution in [1.29, 1.82) is 0 Å². The van der Waals surface area contributed by atoms with Gasteiger partial charge in [-0.25, -0.2) is 0 Å². The summed E-state index contributed by atoms with van der Waals surface area (Å²) >= 11 is 0. The summed E-state index contributed by atoms with van der Waals surface area (Å²) in [5.74, 6) is 0.671. The number of unbranched alkanes of at least 4 members (excludes halogenated alkanes) is 28. The third-order valence-corrected chi connectivity index (χ3v) is 9.37. The predicted octanol–water partition coefficient (Wildman–Crippen LogP) is 13.8. The van der Waals surface area contributed by atoms with Crippen molar-refractivity contribution in [2.24, 2.45) is 5.92 Å². The first-order chi connectivity index (χ1) is 20.6. The summed E-state index contributed by atoms with van der Waals surface area (Å²) in [6.07, 6.45) is 45.1. The molecule has 0 aliphatic carbocycles. The van der Waals surface area contributed by atoms with Gasteiger partial charge in [-0.05, 0) is 25.7 Å². The molecular formula is C40H79NO. The van der Waals surface area contributed by atoms with E-state index in [1.165, 1.54) is 205 Å².